The molecule has 0 aliphatic carbocycles. The lowest BCUT2D eigenvalue weighted by molar-refractivity contribution is 0.415. The van der Waals surface area contributed by atoms with Gasteiger partial charge in [-0.15, -0.1) is 0 Å². The molecule has 6 heteroatoms. The van der Waals surface area contributed by atoms with E-state index in [0.29, 0.717) is 5.11 Å². The quantitative estimate of drug-likeness (QED) is 0.330. The van der Waals surface area contributed by atoms with Gasteiger partial charge in [0.15, 0.2) is 5.11 Å². The maximum absolute atomic E-state index is 5.90. The van der Waals surface area contributed by atoms with E-state index in [4.69, 9.17) is 17.0 Å². The second-order valence-corrected chi connectivity index (χ2v) is 9.27. The van der Waals surface area contributed by atoms with Crippen LogP contribution in [-0.2, 0) is 6.42 Å². The fourth-order valence-corrected chi connectivity index (χ4v) is 5.42. The van der Waals surface area contributed by atoms with Gasteiger partial charge in [-0.1, -0.05) is 31.2 Å². The average Bonchev–Trinajstić information content (AvgIpc) is 3.39. The number of nitrogens with zero attached hydrogens (tertiary/aromatic N) is 3. The summed E-state index contributed by atoms with van der Waals surface area (Å²) >= 11 is 5.90. The highest BCUT2D eigenvalue weighted by Crippen LogP contribution is 2.44. The Morgan fingerprint density at radius 2 is 1.77 bits per heavy atom. The number of thiocarbonyl (C=S) groups is 1. The zero-order valence-electron chi connectivity index (χ0n) is 20.5. The zero-order chi connectivity index (χ0) is 24.5. The van der Waals surface area contributed by atoms with Gasteiger partial charge in [-0.2, -0.15) is 0 Å². The van der Waals surface area contributed by atoms with Gasteiger partial charge in [0.1, 0.15) is 5.75 Å². The molecule has 0 unspecified atom stereocenters. The monoisotopic (exact) mass is 482 g/mol. The predicted molar refractivity (Wildman–Crippen MR) is 146 cm³/mol. The molecule has 1 aliphatic heterocycles. The first kappa shape index (κ1) is 23.1. The van der Waals surface area contributed by atoms with E-state index in [-0.39, 0.29) is 12.1 Å². The van der Waals surface area contributed by atoms with E-state index in [1.807, 2.05) is 36.5 Å². The molecule has 178 valence electrons. The number of pyridine rings is 1. The molecule has 1 aliphatic rings. The molecule has 2 aromatic carbocycles. The number of aryl methyl sites for hydroxylation is 2. The van der Waals surface area contributed by atoms with Crippen LogP contribution in [-0.4, -0.2) is 21.8 Å². The Morgan fingerprint density at radius 1 is 0.971 bits per heavy atom. The SMILES string of the molecule is CCc1ccc(-n2c(C)cc([C@H]3[C@@H](c4ccccn4)NC(=S)N3c3cccc(OC)c3)c2C)cc1. The molecule has 4 aromatic rings. The Bertz CT molecular complexity index is 1350. The fraction of sp³-hybridized carbons (Fsp3) is 0.241. The summed E-state index contributed by atoms with van der Waals surface area (Å²) in [5.41, 5.74) is 8.04. The molecule has 1 saturated heterocycles. The van der Waals surface area contributed by atoms with Gasteiger partial charge in [0, 0.05) is 35.0 Å². The Kier molecular flexibility index (Phi) is 6.31. The lowest BCUT2D eigenvalue weighted by Crippen LogP contribution is -2.29. The fourth-order valence-electron chi connectivity index (χ4n) is 5.07. The second kappa shape index (κ2) is 9.55. The van der Waals surface area contributed by atoms with Crippen LogP contribution in [0.15, 0.2) is 79.0 Å². The van der Waals surface area contributed by atoms with E-state index in [2.05, 4.69) is 83.0 Å². The minimum Gasteiger partial charge on any atom is -0.497 e. The van der Waals surface area contributed by atoms with Gasteiger partial charge >= 0.3 is 0 Å². The summed E-state index contributed by atoms with van der Waals surface area (Å²) in [6.45, 7) is 6.54. The largest absolute Gasteiger partial charge is 0.497 e. The molecule has 2 atom stereocenters. The number of anilines is 1. The first-order valence-corrected chi connectivity index (χ1v) is 12.4. The Morgan fingerprint density at radius 3 is 2.46 bits per heavy atom. The van der Waals surface area contributed by atoms with E-state index in [9.17, 15) is 0 Å². The van der Waals surface area contributed by atoms with Gasteiger partial charge < -0.3 is 19.5 Å². The molecule has 0 saturated carbocycles. The molecule has 5 rings (SSSR count). The molecule has 0 spiro atoms. The van der Waals surface area contributed by atoms with Crippen molar-refractivity contribution >= 4 is 23.0 Å². The lowest BCUT2D eigenvalue weighted by Gasteiger charge is -2.28. The Balaban J connectivity index is 1.66. The van der Waals surface area contributed by atoms with Crippen LogP contribution < -0.4 is 15.0 Å². The van der Waals surface area contributed by atoms with Gasteiger partial charge in [0.05, 0.1) is 24.9 Å². The maximum Gasteiger partial charge on any atom is 0.174 e. The van der Waals surface area contributed by atoms with Crippen molar-refractivity contribution < 1.29 is 4.74 Å². The summed E-state index contributed by atoms with van der Waals surface area (Å²) in [7, 11) is 1.69. The van der Waals surface area contributed by atoms with E-state index >= 15 is 0 Å². The maximum atomic E-state index is 5.90. The summed E-state index contributed by atoms with van der Waals surface area (Å²) in [6, 6.07) is 25.0. The second-order valence-electron chi connectivity index (χ2n) is 8.88. The topological polar surface area (TPSA) is 42.3 Å². The van der Waals surface area contributed by atoms with Crippen molar-refractivity contribution in [1.29, 1.82) is 0 Å². The molecule has 3 heterocycles. The van der Waals surface area contributed by atoms with Crippen molar-refractivity contribution in [3.05, 3.63) is 107 Å². The summed E-state index contributed by atoms with van der Waals surface area (Å²) in [5, 5.41) is 4.24. The molecule has 0 bridgehead atoms. The van der Waals surface area contributed by atoms with Crippen LogP contribution in [0.25, 0.3) is 5.69 Å². The normalized spacial score (nSPS) is 17.5. The van der Waals surface area contributed by atoms with Crippen molar-refractivity contribution in [2.75, 3.05) is 12.0 Å². The molecular weight excluding hydrogens is 452 g/mol. The number of methoxy groups -OCH3 is 1. The lowest BCUT2D eigenvalue weighted by atomic mass is 9.96. The number of hydrogen-bond donors (Lipinski definition) is 1. The third-order valence-electron chi connectivity index (χ3n) is 6.82. The minimum absolute atomic E-state index is 0.0700. The van der Waals surface area contributed by atoms with Gasteiger partial charge in [0.2, 0.25) is 0 Å². The predicted octanol–water partition coefficient (Wildman–Crippen LogP) is 6.24. The van der Waals surface area contributed by atoms with Crippen molar-refractivity contribution in [1.82, 2.24) is 14.9 Å². The zero-order valence-corrected chi connectivity index (χ0v) is 21.3. The van der Waals surface area contributed by atoms with E-state index in [1.54, 1.807) is 7.11 Å². The van der Waals surface area contributed by atoms with Crippen molar-refractivity contribution in [3.63, 3.8) is 0 Å². The van der Waals surface area contributed by atoms with Gasteiger partial charge in [-0.3, -0.25) is 4.98 Å². The smallest absolute Gasteiger partial charge is 0.174 e. The summed E-state index contributed by atoms with van der Waals surface area (Å²) in [5.74, 6) is 0.798. The number of rotatable bonds is 6. The van der Waals surface area contributed by atoms with Crippen LogP contribution in [0, 0.1) is 13.8 Å². The van der Waals surface area contributed by atoms with Gasteiger partial charge in [0.25, 0.3) is 0 Å². The summed E-state index contributed by atoms with van der Waals surface area (Å²) < 4.78 is 7.85. The van der Waals surface area contributed by atoms with Crippen LogP contribution in [0.4, 0.5) is 5.69 Å². The van der Waals surface area contributed by atoms with Gasteiger partial charge in [-0.05, 0) is 86.1 Å². The highest BCUT2D eigenvalue weighted by molar-refractivity contribution is 7.80. The van der Waals surface area contributed by atoms with E-state index in [0.717, 1.165) is 23.6 Å². The van der Waals surface area contributed by atoms with E-state index in [1.165, 1.54) is 28.2 Å². The van der Waals surface area contributed by atoms with Crippen LogP contribution in [0.1, 0.15) is 47.2 Å². The molecule has 1 N–H and O–H groups in total. The highest BCUT2D eigenvalue weighted by atomic mass is 32.1. The van der Waals surface area contributed by atoms with Crippen molar-refractivity contribution in [2.24, 2.45) is 0 Å². The van der Waals surface area contributed by atoms with Crippen molar-refractivity contribution in [2.45, 2.75) is 39.3 Å². The number of benzene rings is 2. The first-order valence-electron chi connectivity index (χ1n) is 11.9. The first-order chi connectivity index (χ1) is 17.0. The van der Waals surface area contributed by atoms with Crippen LogP contribution in [0.5, 0.6) is 5.75 Å². The van der Waals surface area contributed by atoms with Crippen LogP contribution >= 0.6 is 12.2 Å². The van der Waals surface area contributed by atoms with E-state index < -0.39 is 0 Å². The molecular formula is C29H30N4OS. The summed E-state index contributed by atoms with van der Waals surface area (Å²) in [4.78, 5) is 6.89. The standard InChI is InChI=1S/C29H30N4OS/c1-5-21-12-14-22(15-13-21)32-19(2)17-25(20(32)3)28-27(26-11-6-7-16-30-26)31-29(35)33(28)23-9-8-10-24(18-23)34-4/h6-18,27-28H,5H2,1-4H3,(H,31,35)/t27-,28+/m1/s1. The number of aromatic nitrogens is 2. The van der Waals surface area contributed by atoms with Crippen molar-refractivity contribution in [3.8, 4) is 11.4 Å². The molecule has 35 heavy (non-hydrogen) atoms. The van der Waals surface area contributed by atoms with Crippen LogP contribution in [0.3, 0.4) is 0 Å². The average molecular weight is 483 g/mol. The molecule has 5 nitrogen and oxygen atoms in total. The van der Waals surface area contributed by atoms with Gasteiger partial charge in [-0.25, -0.2) is 0 Å². The summed E-state index contributed by atoms with van der Waals surface area (Å²) in [6.07, 6.45) is 2.87. The Labute approximate surface area is 212 Å². The third kappa shape index (κ3) is 4.19. The number of ether oxygens (including phenoxy) is 1. The molecule has 0 amide bonds. The molecule has 1 fully saturated rings. The Hall–Kier alpha value is -3.64. The molecule has 0 radical (unpaired) electrons. The van der Waals surface area contributed by atoms with Crippen LogP contribution in [0.2, 0.25) is 0 Å². The number of nitrogens with one attached hydrogen (secondary N) is 1. The number of hydrogen-bond acceptors (Lipinski definition) is 3. The minimum atomic E-state index is -0.0914. The molecule has 2 aromatic heterocycles. The highest BCUT2D eigenvalue weighted by Gasteiger charge is 2.42. The third-order valence-corrected chi connectivity index (χ3v) is 7.14.